The molecule has 0 saturated carbocycles. The molecule has 0 aliphatic carbocycles. The fourth-order valence-corrected chi connectivity index (χ4v) is 6.47. The first kappa shape index (κ1) is 25.8. The summed E-state index contributed by atoms with van der Waals surface area (Å²) in [4.78, 5) is 38.4. The van der Waals surface area contributed by atoms with Gasteiger partial charge in [0.05, 0.1) is 30.2 Å². The number of ether oxygens (including phenoxy) is 2. The molecule has 3 aliphatic heterocycles. The van der Waals surface area contributed by atoms with Crippen molar-refractivity contribution in [3.8, 4) is 5.75 Å². The first-order chi connectivity index (χ1) is 19.0. The fraction of sp³-hybridized carbons (Fsp3) is 0.357. The van der Waals surface area contributed by atoms with Crippen LogP contribution in [-0.2, 0) is 9.53 Å². The number of fused-ring (bicyclic) bond motifs is 1. The summed E-state index contributed by atoms with van der Waals surface area (Å²) in [7, 11) is 1.66. The van der Waals surface area contributed by atoms with Crippen molar-refractivity contribution in [2.75, 3.05) is 56.2 Å². The van der Waals surface area contributed by atoms with Crippen LogP contribution < -0.4 is 20.1 Å². The summed E-state index contributed by atoms with van der Waals surface area (Å²) in [6.07, 6.45) is 5.28. The molecule has 39 heavy (non-hydrogen) atoms. The molecule has 6 rings (SSSR count). The Balaban J connectivity index is 1.30. The smallest absolute Gasteiger partial charge is 0.267 e. The van der Waals surface area contributed by atoms with Crippen LogP contribution in [0.4, 0.5) is 11.5 Å². The van der Waals surface area contributed by atoms with Crippen LogP contribution in [0.25, 0.3) is 11.7 Å². The Bertz CT molecular complexity index is 1490. The molecular formula is C28H29N5O4S2. The highest BCUT2D eigenvalue weighted by Gasteiger charge is 2.35. The summed E-state index contributed by atoms with van der Waals surface area (Å²) in [6.45, 7) is 4.06. The zero-order valence-electron chi connectivity index (χ0n) is 21.6. The zero-order valence-corrected chi connectivity index (χ0v) is 23.2. The van der Waals surface area contributed by atoms with Crippen molar-refractivity contribution >= 4 is 57.4 Å². The van der Waals surface area contributed by atoms with Gasteiger partial charge in [0.25, 0.3) is 11.5 Å². The largest absolute Gasteiger partial charge is 0.497 e. The molecule has 0 N–H and O–H groups in total. The van der Waals surface area contributed by atoms with E-state index in [1.165, 1.54) is 16.2 Å². The summed E-state index contributed by atoms with van der Waals surface area (Å²) in [6, 6.07) is 13.5. The first-order valence-corrected chi connectivity index (χ1v) is 14.3. The Labute approximate surface area is 236 Å². The minimum atomic E-state index is -0.211. The number of nitrogens with zero attached hydrogens (tertiary/aromatic N) is 5. The highest BCUT2D eigenvalue weighted by molar-refractivity contribution is 8.26. The third-order valence-electron chi connectivity index (χ3n) is 7.32. The minimum Gasteiger partial charge on any atom is -0.497 e. The molecule has 3 aromatic rings. The van der Waals surface area contributed by atoms with Crippen molar-refractivity contribution in [3.05, 3.63) is 69.5 Å². The van der Waals surface area contributed by atoms with E-state index in [4.69, 9.17) is 26.7 Å². The van der Waals surface area contributed by atoms with Gasteiger partial charge in [-0.3, -0.25) is 18.9 Å². The molecule has 2 aromatic heterocycles. The van der Waals surface area contributed by atoms with Crippen LogP contribution in [0.3, 0.4) is 0 Å². The fourth-order valence-electron chi connectivity index (χ4n) is 5.21. The van der Waals surface area contributed by atoms with E-state index in [1.807, 2.05) is 24.3 Å². The molecule has 1 aromatic carbocycles. The van der Waals surface area contributed by atoms with Crippen molar-refractivity contribution in [1.29, 1.82) is 0 Å². The predicted octanol–water partition coefficient (Wildman–Crippen LogP) is 3.41. The number of methoxy groups -OCH3 is 1. The van der Waals surface area contributed by atoms with Gasteiger partial charge in [-0.15, -0.1) is 0 Å². The average Bonchev–Trinajstić information content (AvgIpc) is 3.58. The molecule has 9 nitrogen and oxygen atoms in total. The van der Waals surface area contributed by atoms with Gasteiger partial charge in [0.2, 0.25) is 0 Å². The molecule has 3 saturated heterocycles. The third kappa shape index (κ3) is 5.13. The lowest BCUT2D eigenvalue weighted by Crippen LogP contribution is -2.47. The number of thioether (sulfide) groups is 1. The van der Waals surface area contributed by atoms with Crippen molar-refractivity contribution in [1.82, 2.24) is 14.3 Å². The Morgan fingerprint density at radius 2 is 1.87 bits per heavy atom. The lowest BCUT2D eigenvalue weighted by molar-refractivity contribution is -0.123. The monoisotopic (exact) mass is 563 g/mol. The Morgan fingerprint density at radius 1 is 1.10 bits per heavy atom. The van der Waals surface area contributed by atoms with E-state index >= 15 is 0 Å². The standard InChI is InChI=1S/C28H29N5O4S2/c1-36-20-9-7-19(8-10-20)30-12-14-31(15-13-30)25-22(26(34)32-11-3-2-6-24(32)29-25)17-23-27(35)33(28(38)39-23)18-21-5-4-16-37-21/h2-3,6-11,17,21H,4-5,12-16,18H2,1H3/b23-17+/t21-/m0/s1. The highest BCUT2D eigenvalue weighted by atomic mass is 32.2. The van der Waals surface area contributed by atoms with E-state index in [2.05, 4.69) is 21.9 Å². The summed E-state index contributed by atoms with van der Waals surface area (Å²) >= 11 is 6.77. The number of rotatable bonds is 6. The number of piperazine rings is 1. The number of hydrogen-bond acceptors (Lipinski definition) is 9. The van der Waals surface area contributed by atoms with E-state index in [-0.39, 0.29) is 17.6 Å². The van der Waals surface area contributed by atoms with Crippen LogP contribution in [0, 0.1) is 0 Å². The van der Waals surface area contributed by atoms with E-state index in [0.717, 1.165) is 37.4 Å². The maximum Gasteiger partial charge on any atom is 0.267 e. The molecule has 3 fully saturated rings. The molecule has 202 valence electrons. The SMILES string of the molecule is COc1ccc(N2CCN(c3nc4ccccn4c(=O)c3/C=C3/SC(=S)N(C[C@@H]4CCCO4)C3=O)CC2)cc1. The van der Waals surface area contributed by atoms with Gasteiger partial charge in [0.15, 0.2) is 0 Å². The maximum absolute atomic E-state index is 13.7. The van der Waals surface area contributed by atoms with Crippen LogP contribution in [0.5, 0.6) is 5.75 Å². The number of amides is 1. The number of thiocarbonyl (C=S) groups is 1. The molecule has 11 heteroatoms. The van der Waals surface area contributed by atoms with Crippen LogP contribution >= 0.6 is 24.0 Å². The van der Waals surface area contributed by atoms with Crippen molar-refractivity contribution in [2.24, 2.45) is 0 Å². The molecule has 1 amide bonds. The Hall–Kier alpha value is -3.41. The summed E-state index contributed by atoms with van der Waals surface area (Å²) in [5.41, 5.74) is 1.88. The Kier molecular flexibility index (Phi) is 7.28. The minimum absolute atomic E-state index is 0.00244. The number of carbonyl (C=O) groups excluding carboxylic acids is 1. The third-order valence-corrected chi connectivity index (χ3v) is 8.70. The van der Waals surface area contributed by atoms with Crippen LogP contribution in [0.1, 0.15) is 18.4 Å². The van der Waals surface area contributed by atoms with Crippen molar-refractivity contribution < 1.29 is 14.3 Å². The molecular weight excluding hydrogens is 534 g/mol. The number of anilines is 2. The second-order valence-electron chi connectivity index (χ2n) is 9.68. The van der Waals surface area contributed by atoms with E-state index in [9.17, 15) is 9.59 Å². The van der Waals surface area contributed by atoms with Gasteiger partial charge in [0, 0.05) is 44.7 Å². The quantitative estimate of drug-likeness (QED) is 0.331. The summed E-state index contributed by atoms with van der Waals surface area (Å²) in [5, 5.41) is 0. The predicted molar refractivity (Wildman–Crippen MR) is 158 cm³/mol. The van der Waals surface area contributed by atoms with Gasteiger partial charge in [-0.05, 0) is 55.3 Å². The molecule has 0 unspecified atom stereocenters. The van der Waals surface area contributed by atoms with Crippen LogP contribution in [-0.4, -0.2) is 77.1 Å². The average molecular weight is 564 g/mol. The summed E-state index contributed by atoms with van der Waals surface area (Å²) in [5.74, 6) is 1.22. The highest BCUT2D eigenvalue weighted by Crippen LogP contribution is 2.34. The molecule has 0 radical (unpaired) electrons. The van der Waals surface area contributed by atoms with Gasteiger partial charge in [-0.1, -0.05) is 30.0 Å². The lowest BCUT2D eigenvalue weighted by Gasteiger charge is -2.37. The second kappa shape index (κ2) is 11.0. The maximum atomic E-state index is 13.7. The normalized spacial score (nSPS) is 21.0. The molecule has 5 heterocycles. The number of carbonyl (C=O) groups is 1. The van der Waals surface area contributed by atoms with Crippen molar-refractivity contribution in [2.45, 2.75) is 18.9 Å². The van der Waals surface area contributed by atoms with Crippen LogP contribution in [0.2, 0.25) is 0 Å². The second-order valence-corrected chi connectivity index (χ2v) is 11.4. The van der Waals surface area contributed by atoms with Gasteiger partial charge in [-0.2, -0.15) is 0 Å². The number of hydrogen-bond donors (Lipinski definition) is 0. The Morgan fingerprint density at radius 3 is 2.59 bits per heavy atom. The zero-order chi connectivity index (χ0) is 26.9. The van der Waals surface area contributed by atoms with Gasteiger partial charge < -0.3 is 19.3 Å². The van der Waals surface area contributed by atoms with Gasteiger partial charge >= 0.3 is 0 Å². The van der Waals surface area contributed by atoms with Crippen LogP contribution in [0.15, 0.2) is 58.4 Å². The van der Waals surface area contributed by atoms with E-state index in [1.54, 1.807) is 30.3 Å². The van der Waals surface area contributed by atoms with Gasteiger partial charge in [0.1, 0.15) is 21.5 Å². The van der Waals surface area contributed by atoms with Gasteiger partial charge in [-0.25, -0.2) is 4.98 Å². The van der Waals surface area contributed by atoms with E-state index in [0.29, 0.717) is 52.5 Å². The van der Waals surface area contributed by atoms with Crippen molar-refractivity contribution in [3.63, 3.8) is 0 Å². The number of aromatic nitrogens is 2. The van der Waals surface area contributed by atoms with E-state index < -0.39 is 0 Å². The molecule has 3 aliphatic rings. The molecule has 1 atom stereocenters. The number of benzene rings is 1. The molecule has 0 spiro atoms. The number of pyridine rings is 1. The first-order valence-electron chi connectivity index (χ1n) is 13.0. The lowest BCUT2D eigenvalue weighted by atomic mass is 10.2. The molecule has 0 bridgehead atoms. The summed E-state index contributed by atoms with van der Waals surface area (Å²) < 4.78 is 13.0. The topological polar surface area (TPSA) is 79.6 Å².